The fraction of sp³-hybridized carbons (Fsp3) is 0.917. The highest BCUT2D eigenvalue weighted by atomic mass is 32.2. The van der Waals surface area contributed by atoms with Crippen LogP contribution in [0.5, 0.6) is 0 Å². The Bertz CT molecular complexity index is 362. The van der Waals surface area contributed by atoms with Crippen molar-refractivity contribution < 1.29 is 13.2 Å². The van der Waals surface area contributed by atoms with E-state index in [9.17, 15) is 13.2 Å². The molecule has 1 rings (SSSR count). The third kappa shape index (κ3) is 4.39. The van der Waals surface area contributed by atoms with Crippen LogP contribution in [-0.2, 0) is 14.6 Å². The number of carbonyl (C=O) groups excluding carboxylic acids is 1. The first-order valence-electron chi connectivity index (χ1n) is 6.28. The molecule has 1 aliphatic rings. The SMILES string of the molecule is CC(=O)CC1CCCN1CCS(=O)(=O)C(C)C. The molecule has 17 heavy (non-hydrogen) atoms. The molecule has 1 aliphatic heterocycles. The van der Waals surface area contributed by atoms with Gasteiger partial charge in [0.15, 0.2) is 9.84 Å². The van der Waals surface area contributed by atoms with Crippen molar-refractivity contribution in [3.63, 3.8) is 0 Å². The van der Waals surface area contributed by atoms with Crippen molar-refractivity contribution in [1.29, 1.82) is 0 Å². The van der Waals surface area contributed by atoms with Gasteiger partial charge in [-0.1, -0.05) is 0 Å². The van der Waals surface area contributed by atoms with E-state index in [0.717, 1.165) is 19.4 Å². The highest BCUT2D eigenvalue weighted by molar-refractivity contribution is 7.92. The number of hydrogen-bond donors (Lipinski definition) is 0. The van der Waals surface area contributed by atoms with Gasteiger partial charge >= 0.3 is 0 Å². The summed E-state index contributed by atoms with van der Waals surface area (Å²) in [5, 5.41) is -0.309. The molecule has 0 radical (unpaired) electrons. The summed E-state index contributed by atoms with van der Waals surface area (Å²) in [7, 11) is -2.96. The summed E-state index contributed by atoms with van der Waals surface area (Å²) in [6.07, 6.45) is 2.64. The van der Waals surface area contributed by atoms with Gasteiger partial charge in [-0.15, -0.1) is 0 Å². The molecule has 1 unspecified atom stereocenters. The molecule has 1 heterocycles. The van der Waals surface area contributed by atoms with E-state index >= 15 is 0 Å². The van der Waals surface area contributed by atoms with Crippen molar-refractivity contribution in [3.8, 4) is 0 Å². The molecule has 0 aromatic heterocycles. The van der Waals surface area contributed by atoms with Crippen molar-refractivity contribution in [2.24, 2.45) is 0 Å². The molecule has 0 aromatic rings. The molecule has 4 nitrogen and oxygen atoms in total. The van der Waals surface area contributed by atoms with Crippen LogP contribution >= 0.6 is 0 Å². The summed E-state index contributed by atoms with van der Waals surface area (Å²) in [4.78, 5) is 13.3. The lowest BCUT2D eigenvalue weighted by Gasteiger charge is -2.23. The fourth-order valence-corrected chi connectivity index (χ4v) is 3.19. The van der Waals surface area contributed by atoms with Crippen LogP contribution in [0.15, 0.2) is 0 Å². The minimum atomic E-state index is -2.96. The predicted octanol–water partition coefficient (Wildman–Crippen LogP) is 1.25. The first kappa shape index (κ1) is 14.6. The van der Waals surface area contributed by atoms with Crippen LogP contribution in [-0.4, -0.2) is 49.2 Å². The molecule has 0 saturated carbocycles. The number of likely N-dealkylation sites (tertiary alicyclic amines) is 1. The highest BCUT2D eigenvalue weighted by Crippen LogP contribution is 2.20. The maximum atomic E-state index is 11.7. The van der Waals surface area contributed by atoms with Crippen molar-refractivity contribution in [1.82, 2.24) is 4.90 Å². The zero-order chi connectivity index (χ0) is 13.1. The Hall–Kier alpha value is -0.420. The van der Waals surface area contributed by atoms with Crippen molar-refractivity contribution in [3.05, 3.63) is 0 Å². The van der Waals surface area contributed by atoms with E-state index in [1.807, 2.05) is 0 Å². The zero-order valence-corrected chi connectivity index (χ0v) is 11.8. The predicted molar refractivity (Wildman–Crippen MR) is 68.8 cm³/mol. The number of nitrogens with zero attached hydrogens (tertiary/aromatic N) is 1. The lowest BCUT2D eigenvalue weighted by atomic mass is 10.1. The van der Waals surface area contributed by atoms with Crippen LogP contribution in [0.1, 0.15) is 40.0 Å². The Morgan fingerprint density at radius 2 is 2.06 bits per heavy atom. The molecule has 100 valence electrons. The number of ketones is 1. The second-order valence-electron chi connectivity index (χ2n) is 5.15. The summed E-state index contributed by atoms with van der Waals surface area (Å²) in [5.41, 5.74) is 0. The smallest absolute Gasteiger partial charge is 0.153 e. The molecule has 0 aromatic carbocycles. The maximum Gasteiger partial charge on any atom is 0.153 e. The average molecular weight is 261 g/mol. The van der Waals surface area contributed by atoms with Crippen LogP contribution in [0.25, 0.3) is 0 Å². The molecule has 1 atom stereocenters. The molecule has 0 bridgehead atoms. The van der Waals surface area contributed by atoms with E-state index in [4.69, 9.17) is 0 Å². The zero-order valence-electron chi connectivity index (χ0n) is 11.0. The standard InChI is InChI=1S/C12H23NO3S/c1-10(2)17(15,16)8-7-13-6-4-5-12(13)9-11(3)14/h10,12H,4-9H2,1-3H3. The average Bonchev–Trinajstić information content (AvgIpc) is 2.61. The third-order valence-electron chi connectivity index (χ3n) is 3.40. The lowest BCUT2D eigenvalue weighted by molar-refractivity contribution is -0.118. The second-order valence-corrected chi connectivity index (χ2v) is 7.83. The second kappa shape index (κ2) is 5.96. The third-order valence-corrected chi connectivity index (χ3v) is 5.59. The van der Waals surface area contributed by atoms with Gasteiger partial charge < -0.3 is 0 Å². The first-order valence-corrected chi connectivity index (χ1v) is 7.99. The quantitative estimate of drug-likeness (QED) is 0.722. The minimum absolute atomic E-state index is 0.189. The molecule has 0 aliphatic carbocycles. The van der Waals surface area contributed by atoms with Crippen LogP contribution in [0.2, 0.25) is 0 Å². The normalized spacial score (nSPS) is 22.2. The summed E-state index contributed by atoms with van der Waals surface area (Å²) in [6, 6.07) is 0.259. The fourth-order valence-electron chi connectivity index (χ4n) is 2.23. The maximum absolute atomic E-state index is 11.7. The van der Waals surface area contributed by atoms with Crippen molar-refractivity contribution in [2.45, 2.75) is 51.3 Å². The van der Waals surface area contributed by atoms with Crippen molar-refractivity contribution >= 4 is 15.6 Å². The van der Waals surface area contributed by atoms with E-state index in [1.54, 1.807) is 20.8 Å². The van der Waals surface area contributed by atoms with Crippen LogP contribution in [0.3, 0.4) is 0 Å². The van der Waals surface area contributed by atoms with E-state index in [1.165, 1.54) is 0 Å². The van der Waals surface area contributed by atoms with Gasteiger partial charge in [0.2, 0.25) is 0 Å². The van der Waals surface area contributed by atoms with Crippen LogP contribution in [0.4, 0.5) is 0 Å². The Morgan fingerprint density at radius 3 is 2.59 bits per heavy atom. The Morgan fingerprint density at radius 1 is 1.41 bits per heavy atom. The van der Waals surface area contributed by atoms with Crippen molar-refractivity contribution in [2.75, 3.05) is 18.8 Å². The van der Waals surface area contributed by atoms with Gasteiger partial charge in [0, 0.05) is 19.0 Å². The van der Waals surface area contributed by atoms with E-state index in [2.05, 4.69) is 4.90 Å². The van der Waals surface area contributed by atoms with Gasteiger partial charge in [-0.2, -0.15) is 0 Å². The molecular formula is C12H23NO3S. The number of carbonyl (C=O) groups is 1. The monoisotopic (exact) mass is 261 g/mol. The van der Waals surface area contributed by atoms with Gasteiger partial charge in [0.1, 0.15) is 5.78 Å². The van der Waals surface area contributed by atoms with Crippen LogP contribution in [0, 0.1) is 0 Å². The summed E-state index contributed by atoms with van der Waals surface area (Å²) < 4.78 is 23.4. The molecule has 5 heteroatoms. The molecule has 0 N–H and O–H groups in total. The number of sulfone groups is 1. The lowest BCUT2D eigenvalue weighted by Crippen LogP contribution is -2.36. The van der Waals surface area contributed by atoms with E-state index in [-0.39, 0.29) is 22.8 Å². The topological polar surface area (TPSA) is 54.5 Å². The molecule has 1 fully saturated rings. The Balaban J connectivity index is 2.48. The number of rotatable bonds is 6. The van der Waals surface area contributed by atoms with Gasteiger partial charge in [-0.3, -0.25) is 9.69 Å². The van der Waals surface area contributed by atoms with E-state index in [0.29, 0.717) is 13.0 Å². The van der Waals surface area contributed by atoms with Crippen LogP contribution < -0.4 is 0 Å². The number of hydrogen-bond acceptors (Lipinski definition) is 4. The summed E-state index contributed by atoms with van der Waals surface area (Å²) in [6.45, 7) is 6.52. The van der Waals surface area contributed by atoms with Gasteiger partial charge in [-0.05, 0) is 40.2 Å². The van der Waals surface area contributed by atoms with Gasteiger partial charge in [-0.25, -0.2) is 8.42 Å². The molecule has 0 spiro atoms. The summed E-state index contributed by atoms with van der Waals surface area (Å²) in [5.74, 6) is 0.396. The largest absolute Gasteiger partial charge is 0.300 e. The Labute approximate surface area is 104 Å². The molecular weight excluding hydrogens is 238 g/mol. The number of Topliss-reactive ketones (excluding diaryl/α,β-unsaturated/α-hetero) is 1. The molecule has 1 saturated heterocycles. The summed E-state index contributed by atoms with van der Waals surface area (Å²) >= 11 is 0. The molecule has 0 amide bonds. The first-order chi connectivity index (χ1) is 7.83. The van der Waals surface area contributed by atoms with Gasteiger partial charge in [0.05, 0.1) is 11.0 Å². The van der Waals surface area contributed by atoms with Gasteiger partial charge in [0.25, 0.3) is 0 Å². The minimum Gasteiger partial charge on any atom is -0.300 e. The Kier molecular flexibility index (Phi) is 5.13. The highest BCUT2D eigenvalue weighted by Gasteiger charge is 2.27. The van der Waals surface area contributed by atoms with E-state index < -0.39 is 9.84 Å².